The molecule has 1 amide bonds. The monoisotopic (exact) mass is 434 g/mol. The molecule has 0 radical (unpaired) electrons. The van der Waals surface area contributed by atoms with Crippen LogP contribution in [0.2, 0.25) is 0 Å². The lowest BCUT2D eigenvalue weighted by atomic mass is 10.1. The smallest absolute Gasteiger partial charge is 0.261 e. The predicted molar refractivity (Wildman–Crippen MR) is 121 cm³/mol. The van der Waals surface area contributed by atoms with Crippen molar-refractivity contribution in [3.8, 4) is 5.75 Å². The fourth-order valence-corrected chi connectivity index (χ4v) is 3.98. The van der Waals surface area contributed by atoms with Crippen molar-refractivity contribution < 1.29 is 13.9 Å². The topological polar surface area (TPSA) is 58.6 Å². The van der Waals surface area contributed by atoms with Crippen LogP contribution in [0, 0.1) is 5.82 Å². The molecule has 1 aliphatic rings. The maximum absolute atomic E-state index is 13.5. The first-order valence-electron chi connectivity index (χ1n) is 10.7. The highest BCUT2D eigenvalue weighted by molar-refractivity contribution is 5.78. The Balaban J connectivity index is 1.43. The Hall–Kier alpha value is -3.48. The standard InChI is InChI=1S/C25H27FN4O2/c1-29(2)21-8-4-9-22(14-21)32-17-25(31)30-11-5-10-24(30)23-16-27-15-20(28-23)13-18-6-3-7-19(26)12-18/h3-4,6-9,12,14-16,24H,5,10-11,13,17H2,1-2H3. The highest BCUT2D eigenvalue weighted by Gasteiger charge is 2.31. The molecule has 1 atom stereocenters. The van der Waals surface area contributed by atoms with Gasteiger partial charge in [-0.25, -0.2) is 4.39 Å². The molecule has 2 aromatic carbocycles. The summed E-state index contributed by atoms with van der Waals surface area (Å²) in [5.74, 6) is 0.326. The number of hydrogen-bond donors (Lipinski definition) is 0. The molecule has 0 aliphatic carbocycles. The zero-order valence-corrected chi connectivity index (χ0v) is 18.4. The van der Waals surface area contributed by atoms with Crippen LogP contribution in [0.15, 0.2) is 60.9 Å². The van der Waals surface area contributed by atoms with Gasteiger partial charge < -0.3 is 14.5 Å². The summed E-state index contributed by atoms with van der Waals surface area (Å²) in [6.45, 7) is 0.643. The molecule has 1 saturated heterocycles. The summed E-state index contributed by atoms with van der Waals surface area (Å²) < 4.78 is 19.3. The van der Waals surface area contributed by atoms with Crippen molar-refractivity contribution in [3.63, 3.8) is 0 Å². The van der Waals surface area contributed by atoms with E-state index in [1.165, 1.54) is 12.1 Å². The van der Waals surface area contributed by atoms with Crippen LogP contribution >= 0.6 is 0 Å². The number of rotatable bonds is 7. The van der Waals surface area contributed by atoms with Crippen LogP contribution in [-0.2, 0) is 11.2 Å². The number of ether oxygens (including phenoxy) is 1. The molecule has 3 aromatic rings. The molecule has 1 aliphatic heterocycles. The van der Waals surface area contributed by atoms with Gasteiger partial charge in [0.2, 0.25) is 0 Å². The van der Waals surface area contributed by atoms with Crippen LogP contribution in [0.5, 0.6) is 5.75 Å². The first-order valence-corrected chi connectivity index (χ1v) is 10.7. The van der Waals surface area contributed by atoms with Gasteiger partial charge >= 0.3 is 0 Å². The number of halogens is 1. The van der Waals surface area contributed by atoms with E-state index in [0.29, 0.717) is 18.7 Å². The van der Waals surface area contributed by atoms with E-state index in [2.05, 4.69) is 4.98 Å². The number of aromatic nitrogens is 2. The van der Waals surface area contributed by atoms with Gasteiger partial charge in [0.1, 0.15) is 11.6 Å². The molecule has 6 nitrogen and oxygen atoms in total. The average Bonchev–Trinajstić information content (AvgIpc) is 3.28. The zero-order valence-electron chi connectivity index (χ0n) is 18.4. The summed E-state index contributed by atoms with van der Waals surface area (Å²) in [6.07, 6.45) is 5.63. The van der Waals surface area contributed by atoms with E-state index in [-0.39, 0.29) is 24.4 Å². The minimum atomic E-state index is -0.268. The predicted octanol–water partition coefficient (Wildman–Crippen LogP) is 4.02. The van der Waals surface area contributed by atoms with Crippen LogP contribution in [0.1, 0.15) is 35.8 Å². The van der Waals surface area contributed by atoms with Crippen molar-refractivity contribution in [1.29, 1.82) is 0 Å². The largest absolute Gasteiger partial charge is 0.484 e. The second-order valence-electron chi connectivity index (χ2n) is 8.17. The molecule has 4 rings (SSSR count). The van der Waals surface area contributed by atoms with E-state index in [1.54, 1.807) is 18.5 Å². The van der Waals surface area contributed by atoms with Crippen molar-refractivity contribution in [2.75, 3.05) is 32.1 Å². The first-order chi connectivity index (χ1) is 15.5. The summed E-state index contributed by atoms with van der Waals surface area (Å²) in [6, 6.07) is 14.0. The second-order valence-corrected chi connectivity index (χ2v) is 8.17. The van der Waals surface area contributed by atoms with Gasteiger partial charge in [-0.1, -0.05) is 18.2 Å². The van der Waals surface area contributed by atoms with Gasteiger partial charge in [0, 0.05) is 45.0 Å². The molecule has 1 aromatic heterocycles. The highest BCUT2D eigenvalue weighted by Crippen LogP contribution is 2.31. The molecule has 7 heteroatoms. The summed E-state index contributed by atoms with van der Waals surface area (Å²) in [4.78, 5) is 25.8. The third kappa shape index (κ3) is 5.22. The number of nitrogens with zero attached hydrogens (tertiary/aromatic N) is 4. The van der Waals surface area contributed by atoms with Crippen LogP contribution in [0.25, 0.3) is 0 Å². The molecule has 0 saturated carbocycles. The lowest BCUT2D eigenvalue weighted by Crippen LogP contribution is -2.35. The van der Waals surface area contributed by atoms with Crippen LogP contribution in [-0.4, -0.2) is 48.0 Å². The van der Waals surface area contributed by atoms with E-state index in [4.69, 9.17) is 9.72 Å². The van der Waals surface area contributed by atoms with E-state index in [1.807, 2.05) is 54.2 Å². The first kappa shape index (κ1) is 21.7. The Morgan fingerprint density at radius 3 is 2.84 bits per heavy atom. The lowest BCUT2D eigenvalue weighted by Gasteiger charge is -2.24. The van der Waals surface area contributed by atoms with E-state index in [9.17, 15) is 9.18 Å². The molecule has 1 unspecified atom stereocenters. The second kappa shape index (κ2) is 9.77. The summed E-state index contributed by atoms with van der Waals surface area (Å²) >= 11 is 0. The van der Waals surface area contributed by atoms with E-state index < -0.39 is 0 Å². The molecule has 32 heavy (non-hydrogen) atoms. The zero-order chi connectivity index (χ0) is 22.5. The Labute approximate surface area is 187 Å². The fraction of sp³-hybridized carbons (Fsp3) is 0.320. The third-order valence-corrected chi connectivity index (χ3v) is 5.59. The highest BCUT2D eigenvalue weighted by atomic mass is 19.1. The quantitative estimate of drug-likeness (QED) is 0.562. The number of amides is 1. The Bertz CT molecular complexity index is 1090. The third-order valence-electron chi connectivity index (χ3n) is 5.59. The molecular weight excluding hydrogens is 407 g/mol. The maximum atomic E-state index is 13.5. The molecular formula is C25H27FN4O2. The number of carbonyl (C=O) groups is 1. The number of benzene rings is 2. The average molecular weight is 435 g/mol. The molecule has 0 N–H and O–H groups in total. The Morgan fingerprint density at radius 2 is 2.03 bits per heavy atom. The molecule has 1 fully saturated rings. The van der Waals surface area contributed by atoms with Crippen LogP contribution < -0.4 is 9.64 Å². The summed E-state index contributed by atoms with van der Waals surface area (Å²) in [7, 11) is 3.92. The molecule has 0 spiro atoms. The van der Waals surface area contributed by atoms with Crippen molar-refractivity contribution in [3.05, 3.63) is 83.7 Å². The van der Waals surface area contributed by atoms with Gasteiger partial charge in [-0.05, 0) is 42.7 Å². The van der Waals surface area contributed by atoms with Crippen molar-refractivity contribution in [2.45, 2.75) is 25.3 Å². The van der Waals surface area contributed by atoms with Crippen molar-refractivity contribution in [1.82, 2.24) is 14.9 Å². The van der Waals surface area contributed by atoms with Crippen LogP contribution in [0.3, 0.4) is 0 Å². The molecule has 166 valence electrons. The van der Waals surface area contributed by atoms with Gasteiger partial charge in [0.25, 0.3) is 5.91 Å². The summed E-state index contributed by atoms with van der Waals surface area (Å²) in [5.41, 5.74) is 3.37. The normalized spacial score (nSPS) is 15.6. The Kier molecular flexibility index (Phi) is 6.63. The van der Waals surface area contributed by atoms with Crippen molar-refractivity contribution >= 4 is 11.6 Å². The molecule has 2 heterocycles. The van der Waals surface area contributed by atoms with Gasteiger partial charge in [-0.3, -0.25) is 14.8 Å². The molecule has 0 bridgehead atoms. The fourth-order valence-electron chi connectivity index (χ4n) is 3.98. The number of likely N-dealkylation sites (tertiary alicyclic amines) is 1. The minimum Gasteiger partial charge on any atom is -0.484 e. The maximum Gasteiger partial charge on any atom is 0.261 e. The van der Waals surface area contributed by atoms with Gasteiger partial charge in [0.15, 0.2) is 6.61 Å². The number of anilines is 1. The Morgan fingerprint density at radius 1 is 1.19 bits per heavy atom. The number of carbonyl (C=O) groups excluding carboxylic acids is 1. The van der Waals surface area contributed by atoms with E-state index >= 15 is 0 Å². The number of hydrogen-bond acceptors (Lipinski definition) is 5. The van der Waals surface area contributed by atoms with Gasteiger partial charge in [-0.2, -0.15) is 0 Å². The lowest BCUT2D eigenvalue weighted by molar-refractivity contribution is -0.134. The van der Waals surface area contributed by atoms with Gasteiger partial charge in [-0.15, -0.1) is 0 Å². The van der Waals surface area contributed by atoms with E-state index in [0.717, 1.165) is 35.5 Å². The SMILES string of the molecule is CN(C)c1cccc(OCC(=O)N2CCCC2c2cncc(Cc3cccc(F)c3)n2)c1. The minimum absolute atomic E-state index is 0.0240. The van der Waals surface area contributed by atoms with Gasteiger partial charge in [0.05, 0.1) is 23.6 Å². The van der Waals surface area contributed by atoms with Crippen LogP contribution in [0.4, 0.5) is 10.1 Å². The van der Waals surface area contributed by atoms with Crippen molar-refractivity contribution in [2.24, 2.45) is 0 Å². The summed E-state index contributed by atoms with van der Waals surface area (Å²) in [5, 5.41) is 0.